The van der Waals surface area contributed by atoms with E-state index in [4.69, 9.17) is 11.6 Å². The third kappa shape index (κ3) is 1.99. The van der Waals surface area contributed by atoms with E-state index in [1.807, 2.05) is 0 Å². The summed E-state index contributed by atoms with van der Waals surface area (Å²) in [7, 11) is 0.105. The second-order valence-electron chi connectivity index (χ2n) is 4.16. The Morgan fingerprint density at radius 3 is 2.62 bits per heavy atom. The summed E-state index contributed by atoms with van der Waals surface area (Å²) >= 11 is 5.72. The zero-order valence-electron chi connectivity index (χ0n) is 9.35. The van der Waals surface area contributed by atoms with Crippen molar-refractivity contribution in [2.75, 3.05) is 7.05 Å². The minimum atomic E-state index is -3.33. The first-order valence-corrected chi connectivity index (χ1v) is 7.13. The van der Waals surface area contributed by atoms with E-state index in [2.05, 4.69) is 0 Å². The molecule has 4 nitrogen and oxygen atoms in total. The summed E-state index contributed by atoms with van der Waals surface area (Å²) in [6, 6.07) is 1.82. The molecule has 1 heterocycles. The Hall–Kier alpha value is -0.520. The molecule has 1 saturated carbocycles. The number of hydrogen-bond acceptors (Lipinski definition) is 2. The molecule has 1 aromatic heterocycles. The summed E-state index contributed by atoms with van der Waals surface area (Å²) in [5, 5.41) is 0. The SMILES string of the molecule is CN(C1CC1)S(=O)(=O)c1cc(CCl)n(C)c1. The van der Waals surface area contributed by atoms with Crippen LogP contribution in [0.2, 0.25) is 0 Å². The molecular weight excluding hydrogens is 248 g/mol. The van der Waals surface area contributed by atoms with Gasteiger partial charge in [0.1, 0.15) is 4.90 Å². The molecule has 1 aliphatic rings. The molecule has 0 bridgehead atoms. The van der Waals surface area contributed by atoms with Gasteiger partial charge in [0.05, 0.1) is 5.88 Å². The molecule has 0 spiro atoms. The average Bonchev–Trinajstić information content (AvgIpc) is 3.00. The highest BCUT2D eigenvalue weighted by atomic mass is 35.5. The van der Waals surface area contributed by atoms with Crippen LogP contribution in [0, 0.1) is 0 Å². The first kappa shape index (κ1) is 12.0. The highest BCUT2D eigenvalue weighted by Crippen LogP contribution is 2.30. The minimum Gasteiger partial charge on any atom is -0.352 e. The van der Waals surface area contributed by atoms with E-state index >= 15 is 0 Å². The van der Waals surface area contributed by atoms with Crippen LogP contribution in [-0.4, -0.2) is 30.4 Å². The van der Waals surface area contributed by atoms with Gasteiger partial charge in [-0.2, -0.15) is 4.31 Å². The van der Waals surface area contributed by atoms with E-state index < -0.39 is 10.0 Å². The summed E-state index contributed by atoms with van der Waals surface area (Å²) in [5.41, 5.74) is 0.810. The number of nitrogens with zero attached hydrogens (tertiary/aromatic N) is 2. The van der Waals surface area contributed by atoms with Crippen LogP contribution in [0.5, 0.6) is 0 Å². The molecule has 1 aliphatic carbocycles. The fraction of sp³-hybridized carbons (Fsp3) is 0.600. The first-order chi connectivity index (χ1) is 7.46. The summed E-state index contributed by atoms with van der Waals surface area (Å²) < 4.78 is 27.5. The highest BCUT2D eigenvalue weighted by molar-refractivity contribution is 7.89. The van der Waals surface area contributed by atoms with E-state index in [0.29, 0.717) is 10.8 Å². The molecule has 0 unspecified atom stereocenters. The van der Waals surface area contributed by atoms with E-state index in [-0.39, 0.29) is 6.04 Å². The lowest BCUT2D eigenvalue weighted by molar-refractivity contribution is 0.464. The predicted octanol–water partition coefficient (Wildman–Crippen LogP) is 1.55. The Morgan fingerprint density at radius 2 is 2.19 bits per heavy atom. The molecule has 0 amide bonds. The van der Waals surface area contributed by atoms with Crippen LogP contribution in [0.1, 0.15) is 18.5 Å². The average molecular weight is 263 g/mol. The Balaban J connectivity index is 2.34. The lowest BCUT2D eigenvalue weighted by Crippen LogP contribution is -2.28. The summed E-state index contributed by atoms with van der Waals surface area (Å²) in [6.45, 7) is 0. The van der Waals surface area contributed by atoms with Crippen LogP contribution in [0.15, 0.2) is 17.2 Å². The van der Waals surface area contributed by atoms with Gasteiger partial charge in [-0.3, -0.25) is 0 Å². The zero-order chi connectivity index (χ0) is 11.9. The zero-order valence-corrected chi connectivity index (χ0v) is 10.9. The largest absolute Gasteiger partial charge is 0.352 e. The van der Waals surface area contributed by atoms with Gasteiger partial charge in [0.25, 0.3) is 0 Å². The number of alkyl halides is 1. The van der Waals surface area contributed by atoms with Crippen molar-refractivity contribution in [2.45, 2.75) is 29.7 Å². The molecule has 0 atom stereocenters. The van der Waals surface area contributed by atoms with Gasteiger partial charge < -0.3 is 4.57 Å². The monoisotopic (exact) mass is 262 g/mol. The standard InChI is InChI=1S/C10H15ClN2O2S/c1-12-7-10(5-9(12)6-11)16(14,15)13(2)8-3-4-8/h5,7-8H,3-4,6H2,1-2H3. The van der Waals surface area contributed by atoms with Crippen LogP contribution in [-0.2, 0) is 23.0 Å². The molecule has 1 aromatic rings. The van der Waals surface area contributed by atoms with Crippen molar-refractivity contribution in [3.8, 4) is 0 Å². The van der Waals surface area contributed by atoms with Crippen molar-refractivity contribution in [3.05, 3.63) is 18.0 Å². The number of hydrogen-bond donors (Lipinski definition) is 0. The van der Waals surface area contributed by atoms with Crippen LogP contribution in [0.25, 0.3) is 0 Å². The maximum Gasteiger partial charge on any atom is 0.244 e. The fourth-order valence-corrected chi connectivity index (χ4v) is 3.43. The van der Waals surface area contributed by atoms with E-state index in [1.54, 1.807) is 30.9 Å². The van der Waals surface area contributed by atoms with Crippen molar-refractivity contribution in [2.24, 2.45) is 7.05 Å². The van der Waals surface area contributed by atoms with Gasteiger partial charge in [-0.25, -0.2) is 8.42 Å². The Kier molecular flexibility index (Phi) is 3.03. The molecular formula is C10H15ClN2O2S. The summed E-state index contributed by atoms with van der Waals surface area (Å²) in [6.07, 6.45) is 3.54. The van der Waals surface area contributed by atoms with Crippen LogP contribution >= 0.6 is 11.6 Å². The smallest absolute Gasteiger partial charge is 0.244 e. The lowest BCUT2D eigenvalue weighted by Gasteiger charge is -2.14. The van der Waals surface area contributed by atoms with Gasteiger partial charge in [-0.15, -0.1) is 11.6 Å². The van der Waals surface area contributed by atoms with Gasteiger partial charge in [0.15, 0.2) is 0 Å². The van der Waals surface area contributed by atoms with Gasteiger partial charge >= 0.3 is 0 Å². The maximum atomic E-state index is 12.2. The number of sulfonamides is 1. The van der Waals surface area contributed by atoms with Crippen molar-refractivity contribution in [1.82, 2.24) is 8.87 Å². The van der Waals surface area contributed by atoms with Crippen molar-refractivity contribution in [1.29, 1.82) is 0 Å². The van der Waals surface area contributed by atoms with E-state index in [1.165, 1.54) is 4.31 Å². The molecule has 0 N–H and O–H groups in total. The minimum absolute atomic E-state index is 0.185. The summed E-state index contributed by atoms with van der Waals surface area (Å²) in [5.74, 6) is 0.319. The fourth-order valence-electron chi connectivity index (χ4n) is 1.65. The van der Waals surface area contributed by atoms with Gasteiger partial charge in [-0.1, -0.05) is 0 Å². The molecule has 0 radical (unpaired) electrons. The number of aryl methyl sites for hydroxylation is 1. The number of aromatic nitrogens is 1. The molecule has 0 aliphatic heterocycles. The second kappa shape index (κ2) is 4.05. The van der Waals surface area contributed by atoms with Gasteiger partial charge in [0, 0.05) is 32.0 Å². The molecule has 2 rings (SSSR count). The normalized spacial score (nSPS) is 17.0. The first-order valence-electron chi connectivity index (χ1n) is 5.16. The quantitative estimate of drug-likeness (QED) is 0.773. The molecule has 90 valence electrons. The van der Waals surface area contributed by atoms with Crippen LogP contribution in [0.3, 0.4) is 0 Å². The molecule has 6 heteroatoms. The highest BCUT2D eigenvalue weighted by Gasteiger charge is 2.35. The maximum absolute atomic E-state index is 12.2. The molecule has 0 saturated heterocycles. The lowest BCUT2D eigenvalue weighted by atomic mass is 10.5. The number of rotatable bonds is 4. The third-order valence-electron chi connectivity index (χ3n) is 2.96. The number of halogens is 1. The van der Waals surface area contributed by atoms with Crippen molar-refractivity contribution in [3.63, 3.8) is 0 Å². The predicted molar refractivity (Wildman–Crippen MR) is 62.9 cm³/mol. The molecule has 1 fully saturated rings. The van der Waals surface area contributed by atoms with Crippen molar-refractivity contribution < 1.29 is 8.42 Å². The molecule has 16 heavy (non-hydrogen) atoms. The topological polar surface area (TPSA) is 42.3 Å². The van der Waals surface area contributed by atoms with Crippen LogP contribution < -0.4 is 0 Å². The van der Waals surface area contributed by atoms with E-state index in [0.717, 1.165) is 18.5 Å². The van der Waals surface area contributed by atoms with Crippen LogP contribution in [0.4, 0.5) is 0 Å². The molecule has 0 aromatic carbocycles. The van der Waals surface area contributed by atoms with Crippen molar-refractivity contribution >= 4 is 21.6 Å². The second-order valence-corrected chi connectivity index (χ2v) is 6.43. The summed E-state index contributed by atoms with van der Waals surface area (Å²) in [4.78, 5) is 0.333. The third-order valence-corrected chi connectivity index (χ3v) is 5.11. The Labute approximate surface area is 101 Å². The van der Waals surface area contributed by atoms with E-state index in [9.17, 15) is 8.42 Å². The van der Waals surface area contributed by atoms with Gasteiger partial charge in [-0.05, 0) is 18.9 Å². The van der Waals surface area contributed by atoms with Gasteiger partial charge in [0.2, 0.25) is 10.0 Å². The Bertz CT molecular complexity index is 491. The Morgan fingerprint density at radius 1 is 1.56 bits per heavy atom.